The van der Waals surface area contributed by atoms with Crippen molar-refractivity contribution in [1.82, 2.24) is 29.7 Å². The van der Waals surface area contributed by atoms with E-state index < -0.39 is 0 Å². The largest absolute Gasteiger partial charge is 0.322 e. The van der Waals surface area contributed by atoms with Crippen molar-refractivity contribution < 1.29 is 0 Å². The summed E-state index contributed by atoms with van der Waals surface area (Å²) in [6, 6.07) is 0. The summed E-state index contributed by atoms with van der Waals surface area (Å²) < 4.78 is 1.70. The lowest BCUT2D eigenvalue weighted by Gasteiger charge is -1.86. The Morgan fingerprint density at radius 2 is 2.25 bits per heavy atom. The summed E-state index contributed by atoms with van der Waals surface area (Å²) in [4.78, 5) is 15.3. The van der Waals surface area contributed by atoms with Crippen LogP contribution in [0.4, 0.5) is 0 Å². The topological polar surface area (TPSA) is 72.3 Å². The normalized spacial score (nSPS) is 11.1. The molecule has 16 heavy (non-hydrogen) atoms. The predicted molar refractivity (Wildman–Crippen MR) is 58.9 cm³/mol. The van der Waals surface area contributed by atoms with Gasteiger partial charge in [-0.2, -0.15) is 5.10 Å². The van der Waals surface area contributed by atoms with Gasteiger partial charge in [0.1, 0.15) is 17.7 Å². The second-order valence-electron chi connectivity index (χ2n) is 3.35. The summed E-state index contributed by atoms with van der Waals surface area (Å²) in [5.41, 5.74) is 2.08. The number of imidazole rings is 1. The van der Waals surface area contributed by atoms with Gasteiger partial charge in [-0.05, 0) is 0 Å². The van der Waals surface area contributed by atoms with Crippen LogP contribution >= 0.6 is 11.6 Å². The van der Waals surface area contributed by atoms with E-state index in [2.05, 4.69) is 25.0 Å². The molecule has 0 aliphatic carbocycles. The van der Waals surface area contributed by atoms with Crippen molar-refractivity contribution in [2.24, 2.45) is 7.05 Å². The molecule has 1 N–H and O–H groups in total. The first-order valence-electron chi connectivity index (χ1n) is 4.59. The highest BCUT2D eigenvalue weighted by Gasteiger charge is 2.10. The monoisotopic (exact) mass is 234 g/mol. The number of aromatic nitrogens is 6. The zero-order valence-electron chi connectivity index (χ0n) is 8.35. The number of nitrogens with one attached hydrogen (secondary N) is 1. The molecule has 0 saturated heterocycles. The van der Waals surface area contributed by atoms with Gasteiger partial charge < -0.3 is 4.98 Å². The molecule has 0 atom stereocenters. The number of aryl methyl sites for hydroxylation is 1. The molecule has 0 aliphatic heterocycles. The number of hydrogen-bond donors (Lipinski definition) is 1. The summed E-state index contributed by atoms with van der Waals surface area (Å²) in [5.74, 6) is 0.686. The third-order valence-corrected chi connectivity index (χ3v) is 2.49. The van der Waals surface area contributed by atoms with Crippen LogP contribution in [0.2, 0.25) is 5.15 Å². The predicted octanol–water partition coefficient (Wildman–Crippen LogP) is 1.41. The lowest BCUT2D eigenvalue weighted by Crippen LogP contribution is -1.84. The van der Waals surface area contributed by atoms with Crippen LogP contribution in [-0.2, 0) is 7.05 Å². The summed E-state index contributed by atoms with van der Waals surface area (Å²) in [5, 5.41) is 4.42. The zero-order chi connectivity index (χ0) is 11.1. The van der Waals surface area contributed by atoms with Crippen LogP contribution in [0.25, 0.3) is 22.6 Å². The maximum Gasteiger partial charge on any atom is 0.162 e. The molecule has 0 unspecified atom stereocenters. The van der Waals surface area contributed by atoms with E-state index in [-0.39, 0.29) is 0 Å². The molecule has 0 aromatic carbocycles. The van der Waals surface area contributed by atoms with Gasteiger partial charge in [0, 0.05) is 13.2 Å². The van der Waals surface area contributed by atoms with Crippen molar-refractivity contribution in [2.45, 2.75) is 0 Å². The van der Waals surface area contributed by atoms with Crippen LogP contribution in [-0.4, -0.2) is 29.7 Å². The lowest BCUT2D eigenvalue weighted by atomic mass is 10.3. The van der Waals surface area contributed by atoms with Gasteiger partial charge in [-0.3, -0.25) is 4.68 Å². The molecular weight excluding hydrogens is 228 g/mol. The van der Waals surface area contributed by atoms with E-state index >= 15 is 0 Å². The molecule has 0 saturated carbocycles. The number of rotatable bonds is 1. The second-order valence-corrected chi connectivity index (χ2v) is 3.71. The Kier molecular flexibility index (Phi) is 1.90. The molecule has 0 bridgehead atoms. The van der Waals surface area contributed by atoms with Crippen LogP contribution in [0.1, 0.15) is 0 Å². The number of hydrogen-bond acceptors (Lipinski definition) is 4. The molecule has 3 aromatic heterocycles. The van der Waals surface area contributed by atoms with Crippen molar-refractivity contribution in [2.75, 3.05) is 0 Å². The summed E-state index contributed by atoms with van der Waals surface area (Å²) in [7, 11) is 1.85. The molecule has 7 heteroatoms. The number of aromatic amines is 1. The van der Waals surface area contributed by atoms with Gasteiger partial charge in [0.15, 0.2) is 10.8 Å². The average Bonchev–Trinajstić information content (AvgIpc) is 2.84. The van der Waals surface area contributed by atoms with E-state index in [0.717, 1.165) is 5.56 Å². The Balaban J connectivity index is 2.22. The van der Waals surface area contributed by atoms with Gasteiger partial charge in [0.05, 0.1) is 11.8 Å². The lowest BCUT2D eigenvalue weighted by molar-refractivity contribution is 0.768. The Morgan fingerprint density at radius 1 is 1.38 bits per heavy atom. The minimum atomic E-state index is 0.344. The molecule has 3 heterocycles. The van der Waals surface area contributed by atoms with Gasteiger partial charge in [0.2, 0.25) is 0 Å². The number of H-pyrrole nitrogens is 1. The summed E-state index contributed by atoms with van der Waals surface area (Å²) in [6.07, 6.45) is 4.98. The molecule has 0 fully saturated rings. The smallest absolute Gasteiger partial charge is 0.162 e. The SMILES string of the molecule is Cn1cc(-c2nc3c(Cl)ncnc3[nH]2)cn1. The Hall–Kier alpha value is -1.95. The van der Waals surface area contributed by atoms with Gasteiger partial charge in [-0.15, -0.1) is 0 Å². The highest BCUT2D eigenvalue weighted by Crippen LogP contribution is 2.21. The van der Waals surface area contributed by atoms with Crippen LogP contribution in [0.15, 0.2) is 18.7 Å². The Labute approximate surface area is 95.3 Å². The van der Waals surface area contributed by atoms with Gasteiger partial charge in [-0.1, -0.05) is 11.6 Å². The van der Waals surface area contributed by atoms with Crippen LogP contribution in [0, 0.1) is 0 Å². The Morgan fingerprint density at radius 3 is 2.94 bits per heavy atom. The van der Waals surface area contributed by atoms with E-state index in [1.165, 1.54) is 6.33 Å². The maximum absolute atomic E-state index is 5.91. The Bertz CT molecular complexity index is 655. The first-order valence-corrected chi connectivity index (χ1v) is 4.97. The first kappa shape index (κ1) is 9.29. The molecule has 0 aliphatic rings. The maximum atomic E-state index is 5.91. The second kappa shape index (κ2) is 3.28. The number of nitrogens with zero attached hydrogens (tertiary/aromatic N) is 5. The van der Waals surface area contributed by atoms with Gasteiger partial charge in [0.25, 0.3) is 0 Å². The molecule has 0 amide bonds. The molecule has 3 aromatic rings. The third kappa shape index (κ3) is 1.35. The fraction of sp³-hybridized carbons (Fsp3) is 0.111. The summed E-state index contributed by atoms with van der Waals surface area (Å²) >= 11 is 5.91. The minimum Gasteiger partial charge on any atom is -0.322 e. The number of halogens is 1. The van der Waals surface area contributed by atoms with Crippen molar-refractivity contribution in [3.63, 3.8) is 0 Å². The highest BCUT2D eigenvalue weighted by atomic mass is 35.5. The number of fused-ring (bicyclic) bond motifs is 1. The first-order chi connectivity index (χ1) is 7.74. The molecular formula is C9H7ClN6. The highest BCUT2D eigenvalue weighted by molar-refractivity contribution is 6.33. The quantitative estimate of drug-likeness (QED) is 0.646. The molecule has 3 rings (SSSR count). The molecule has 6 nitrogen and oxygen atoms in total. The fourth-order valence-corrected chi connectivity index (χ4v) is 1.66. The van der Waals surface area contributed by atoms with Gasteiger partial charge >= 0.3 is 0 Å². The van der Waals surface area contributed by atoms with Crippen molar-refractivity contribution >= 4 is 22.8 Å². The van der Waals surface area contributed by atoms with Crippen LogP contribution in [0.5, 0.6) is 0 Å². The average molecular weight is 235 g/mol. The van der Waals surface area contributed by atoms with Crippen LogP contribution < -0.4 is 0 Å². The minimum absolute atomic E-state index is 0.344. The summed E-state index contributed by atoms with van der Waals surface area (Å²) in [6.45, 7) is 0. The zero-order valence-corrected chi connectivity index (χ0v) is 9.10. The molecule has 80 valence electrons. The van der Waals surface area contributed by atoms with E-state index in [0.29, 0.717) is 22.1 Å². The molecule has 0 spiro atoms. The van der Waals surface area contributed by atoms with Crippen molar-refractivity contribution in [3.05, 3.63) is 23.9 Å². The van der Waals surface area contributed by atoms with E-state index in [4.69, 9.17) is 11.6 Å². The van der Waals surface area contributed by atoms with Gasteiger partial charge in [-0.25, -0.2) is 15.0 Å². The van der Waals surface area contributed by atoms with E-state index in [1.807, 2.05) is 13.2 Å². The fourth-order valence-electron chi connectivity index (χ4n) is 1.48. The van der Waals surface area contributed by atoms with Crippen molar-refractivity contribution in [3.8, 4) is 11.4 Å². The van der Waals surface area contributed by atoms with Crippen LogP contribution in [0.3, 0.4) is 0 Å². The molecule has 0 radical (unpaired) electrons. The standard InChI is InChI=1S/C9H7ClN6/c1-16-3-5(2-13-16)8-14-6-7(10)11-4-12-9(6)15-8/h2-4H,1H3,(H,11,12,14,15). The van der Waals surface area contributed by atoms with E-state index in [1.54, 1.807) is 10.9 Å². The van der Waals surface area contributed by atoms with E-state index in [9.17, 15) is 0 Å². The third-order valence-electron chi connectivity index (χ3n) is 2.22. The van der Waals surface area contributed by atoms with Crippen molar-refractivity contribution in [1.29, 1.82) is 0 Å².